The molecule has 0 radical (unpaired) electrons. The predicted octanol–water partition coefficient (Wildman–Crippen LogP) is 4.21. The minimum absolute atomic E-state index is 0.119. The Morgan fingerprint density at radius 3 is 2.81 bits per heavy atom. The second-order valence-corrected chi connectivity index (χ2v) is 7.12. The molecule has 0 saturated heterocycles. The standard InChI is InChI=1S/C22H22N2O3/c1-13-4-5-17(8-14(13)2)22(25)23-12-19-11-21(27-24-19)16-6-7-20-18(10-16)9-15(3)26-20/h4-8,10-11,15H,9,12H2,1-3H3,(H,23,25). The van der Waals surface area contributed by atoms with E-state index in [4.69, 9.17) is 9.26 Å². The number of amides is 1. The van der Waals surface area contributed by atoms with Crippen molar-refractivity contribution in [1.82, 2.24) is 10.5 Å². The van der Waals surface area contributed by atoms with Crippen LogP contribution in [0.3, 0.4) is 0 Å². The Kier molecular flexibility index (Phi) is 4.44. The molecule has 1 aliphatic heterocycles. The average molecular weight is 362 g/mol. The molecule has 0 spiro atoms. The van der Waals surface area contributed by atoms with Gasteiger partial charge >= 0.3 is 0 Å². The highest BCUT2D eigenvalue weighted by Gasteiger charge is 2.20. The number of nitrogens with one attached hydrogen (secondary N) is 1. The van der Waals surface area contributed by atoms with Gasteiger partial charge in [-0.15, -0.1) is 0 Å². The van der Waals surface area contributed by atoms with E-state index in [1.165, 1.54) is 11.1 Å². The molecule has 138 valence electrons. The van der Waals surface area contributed by atoms with Crippen LogP contribution < -0.4 is 10.1 Å². The summed E-state index contributed by atoms with van der Waals surface area (Å²) < 4.78 is 11.2. The summed E-state index contributed by atoms with van der Waals surface area (Å²) in [6, 6.07) is 13.6. The number of hydrogen-bond acceptors (Lipinski definition) is 4. The van der Waals surface area contributed by atoms with Gasteiger partial charge in [0.1, 0.15) is 17.5 Å². The van der Waals surface area contributed by atoms with Crippen molar-refractivity contribution in [3.05, 3.63) is 70.4 Å². The van der Waals surface area contributed by atoms with Crippen LogP contribution in [0.15, 0.2) is 47.0 Å². The summed E-state index contributed by atoms with van der Waals surface area (Å²) in [4.78, 5) is 12.3. The first kappa shape index (κ1) is 17.3. The molecule has 5 nitrogen and oxygen atoms in total. The van der Waals surface area contributed by atoms with Crippen molar-refractivity contribution in [1.29, 1.82) is 0 Å². The van der Waals surface area contributed by atoms with Crippen molar-refractivity contribution < 1.29 is 14.1 Å². The first-order valence-corrected chi connectivity index (χ1v) is 9.10. The zero-order valence-corrected chi connectivity index (χ0v) is 15.7. The Bertz CT molecular complexity index is 1010. The SMILES string of the molecule is Cc1ccc(C(=O)NCc2cc(-c3ccc4c(c3)CC(C)O4)on2)cc1C. The number of aromatic nitrogens is 1. The molecule has 1 aliphatic rings. The maximum atomic E-state index is 12.3. The van der Waals surface area contributed by atoms with Gasteiger partial charge < -0.3 is 14.6 Å². The van der Waals surface area contributed by atoms with Gasteiger partial charge in [-0.25, -0.2) is 0 Å². The summed E-state index contributed by atoms with van der Waals surface area (Å²) in [6.07, 6.45) is 1.11. The second-order valence-electron chi connectivity index (χ2n) is 7.12. The highest BCUT2D eigenvalue weighted by Crippen LogP contribution is 2.33. The summed E-state index contributed by atoms with van der Waals surface area (Å²) >= 11 is 0. The molecule has 1 atom stereocenters. The lowest BCUT2D eigenvalue weighted by molar-refractivity contribution is 0.0950. The number of benzene rings is 2. The lowest BCUT2D eigenvalue weighted by Crippen LogP contribution is -2.23. The molecule has 1 unspecified atom stereocenters. The van der Waals surface area contributed by atoms with E-state index in [2.05, 4.69) is 23.5 Å². The highest BCUT2D eigenvalue weighted by molar-refractivity contribution is 5.94. The number of ether oxygens (including phenoxy) is 1. The molecule has 4 rings (SSSR count). The first-order valence-electron chi connectivity index (χ1n) is 9.10. The zero-order chi connectivity index (χ0) is 19.0. The van der Waals surface area contributed by atoms with Crippen LogP contribution in [0, 0.1) is 13.8 Å². The van der Waals surface area contributed by atoms with E-state index < -0.39 is 0 Å². The highest BCUT2D eigenvalue weighted by atomic mass is 16.5. The third-order valence-electron chi connectivity index (χ3n) is 4.94. The van der Waals surface area contributed by atoms with Gasteiger partial charge in [0.05, 0.1) is 6.54 Å². The van der Waals surface area contributed by atoms with Crippen LogP contribution in [0.2, 0.25) is 0 Å². The summed E-state index contributed by atoms with van der Waals surface area (Å²) in [6.45, 7) is 6.41. The molecule has 5 heteroatoms. The number of aryl methyl sites for hydroxylation is 2. The summed E-state index contributed by atoms with van der Waals surface area (Å²) in [7, 11) is 0. The number of fused-ring (bicyclic) bond motifs is 1. The Labute approximate surface area is 158 Å². The number of nitrogens with zero attached hydrogens (tertiary/aromatic N) is 1. The van der Waals surface area contributed by atoms with Crippen molar-refractivity contribution in [3.63, 3.8) is 0 Å². The van der Waals surface area contributed by atoms with Gasteiger partial charge in [-0.3, -0.25) is 4.79 Å². The van der Waals surface area contributed by atoms with E-state index in [1.54, 1.807) is 0 Å². The fourth-order valence-electron chi connectivity index (χ4n) is 3.26. The Balaban J connectivity index is 1.43. The minimum atomic E-state index is -0.119. The van der Waals surface area contributed by atoms with Gasteiger partial charge in [-0.05, 0) is 67.8 Å². The largest absolute Gasteiger partial charge is 0.490 e. The van der Waals surface area contributed by atoms with E-state index >= 15 is 0 Å². The van der Waals surface area contributed by atoms with Crippen LogP contribution in [0.4, 0.5) is 0 Å². The van der Waals surface area contributed by atoms with Gasteiger partial charge in [0.25, 0.3) is 5.91 Å². The van der Waals surface area contributed by atoms with E-state index in [0.29, 0.717) is 23.6 Å². The molecule has 2 heterocycles. The molecule has 0 fully saturated rings. The van der Waals surface area contributed by atoms with Gasteiger partial charge in [0.15, 0.2) is 5.76 Å². The molecule has 1 aromatic heterocycles. The summed E-state index contributed by atoms with van der Waals surface area (Å²) in [5.41, 5.74) is 5.75. The van der Waals surface area contributed by atoms with E-state index in [-0.39, 0.29) is 12.0 Å². The molecule has 0 saturated carbocycles. The van der Waals surface area contributed by atoms with Crippen molar-refractivity contribution in [2.75, 3.05) is 0 Å². The Morgan fingerprint density at radius 1 is 1.15 bits per heavy atom. The van der Waals surface area contributed by atoms with Crippen LogP contribution in [-0.4, -0.2) is 17.2 Å². The molecule has 3 aromatic rings. The molecule has 27 heavy (non-hydrogen) atoms. The van der Waals surface area contributed by atoms with Crippen LogP contribution in [0.25, 0.3) is 11.3 Å². The molecule has 1 amide bonds. The first-order chi connectivity index (χ1) is 13.0. The molecular formula is C22H22N2O3. The van der Waals surface area contributed by atoms with E-state index in [1.807, 2.05) is 50.2 Å². The maximum Gasteiger partial charge on any atom is 0.251 e. The van der Waals surface area contributed by atoms with Crippen LogP contribution >= 0.6 is 0 Å². The monoisotopic (exact) mass is 362 g/mol. The second kappa shape index (κ2) is 6.91. The fraction of sp³-hybridized carbons (Fsp3) is 0.273. The normalized spacial score (nSPS) is 15.3. The van der Waals surface area contributed by atoms with Crippen molar-refractivity contribution in [2.45, 2.75) is 39.8 Å². The van der Waals surface area contributed by atoms with Crippen LogP contribution in [-0.2, 0) is 13.0 Å². The molecule has 0 aliphatic carbocycles. The summed E-state index contributed by atoms with van der Waals surface area (Å²) in [5, 5.41) is 6.97. The van der Waals surface area contributed by atoms with Crippen LogP contribution in [0.5, 0.6) is 5.75 Å². The lowest BCUT2D eigenvalue weighted by Gasteiger charge is -2.05. The fourth-order valence-corrected chi connectivity index (χ4v) is 3.26. The van der Waals surface area contributed by atoms with Crippen molar-refractivity contribution in [3.8, 4) is 17.1 Å². The maximum absolute atomic E-state index is 12.3. The van der Waals surface area contributed by atoms with Crippen molar-refractivity contribution in [2.24, 2.45) is 0 Å². The third kappa shape index (κ3) is 3.58. The van der Waals surface area contributed by atoms with E-state index in [0.717, 1.165) is 23.3 Å². The number of carbonyl (C=O) groups excluding carboxylic acids is 1. The topological polar surface area (TPSA) is 64.4 Å². The van der Waals surface area contributed by atoms with Crippen molar-refractivity contribution >= 4 is 5.91 Å². The average Bonchev–Trinajstić information content (AvgIpc) is 3.26. The van der Waals surface area contributed by atoms with Crippen LogP contribution in [0.1, 0.15) is 39.7 Å². The van der Waals surface area contributed by atoms with Gasteiger partial charge in [-0.2, -0.15) is 0 Å². The molecule has 1 N–H and O–H groups in total. The van der Waals surface area contributed by atoms with E-state index in [9.17, 15) is 4.79 Å². The summed E-state index contributed by atoms with van der Waals surface area (Å²) in [5.74, 6) is 1.51. The van der Waals surface area contributed by atoms with Gasteiger partial charge in [0, 0.05) is 23.6 Å². The third-order valence-corrected chi connectivity index (χ3v) is 4.94. The number of hydrogen-bond donors (Lipinski definition) is 1. The molecule has 0 bridgehead atoms. The lowest BCUT2D eigenvalue weighted by atomic mass is 10.1. The zero-order valence-electron chi connectivity index (χ0n) is 15.7. The molecular weight excluding hydrogens is 340 g/mol. The minimum Gasteiger partial charge on any atom is -0.490 e. The smallest absolute Gasteiger partial charge is 0.251 e. The molecule has 2 aromatic carbocycles. The predicted molar refractivity (Wildman–Crippen MR) is 103 cm³/mol. The Hall–Kier alpha value is -3.08. The number of carbonyl (C=O) groups is 1. The quantitative estimate of drug-likeness (QED) is 0.755. The Morgan fingerprint density at radius 2 is 2.00 bits per heavy atom. The van der Waals surface area contributed by atoms with Gasteiger partial charge in [0.2, 0.25) is 0 Å². The van der Waals surface area contributed by atoms with Gasteiger partial charge in [-0.1, -0.05) is 11.2 Å². The number of rotatable bonds is 4.